The maximum absolute atomic E-state index is 4.03. The highest BCUT2D eigenvalue weighted by Crippen LogP contribution is 2.19. The smallest absolute Gasteiger partial charge is 0.0922 e. The number of H-pyrrole nitrogens is 1. The molecule has 2 heterocycles. The molecule has 4 heteroatoms. The van der Waals surface area contributed by atoms with Crippen molar-refractivity contribution in [2.45, 2.75) is 6.54 Å². The van der Waals surface area contributed by atoms with Crippen LogP contribution in [0, 0.1) is 3.57 Å². The van der Waals surface area contributed by atoms with Gasteiger partial charge in [0.25, 0.3) is 0 Å². The summed E-state index contributed by atoms with van der Waals surface area (Å²) < 4.78 is 3.49. The highest BCUT2D eigenvalue weighted by atomic mass is 127. The minimum Gasteiger partial charge on any atom is -0.347 e. The van der Waals surface area contributed by atoms with Crippen LogP contribution in [0.15, 0.2) is 43.0 Å². The van der Waals surface area contributed by atoms with Gasteiger partial charge in [0.2, 0.25) is 0 Å². The lowest BCUT2D eigenvalue weighted by Crippen LogP contribution is -1.97. The van der Waals surface area contributed by atoms with Crippen LogP contribution < -0.4 is 0 Å². The number of fused-ring (bicyclic) bond motifs is 1. The molecular formula is C12H10IN3. The van der Waals surface area contributed by atoms with E-state index in [1.807, 2.05) is 6.20 Å². The summed E-state index contributed by atoms with van der Waals surface area (Å²) in [5.74, 6) is 0. The van der Waals surface area contributed by atoms with Crippen LogP contribution in [-0.4, -0.2) is 14.5 Å². The molecule has 3 aromatic rings. The van der Waals surface area contributed by atoms with Gasteiger partial charge < -0.3 is 9.55 Å². The third kappa shape index (κ3) is 1.73. The molecule has 16 heavy (non-hydrogen) atoms. The number of imidazole rings is 1. The molecular weight excluding hydrogens is 313 g/mol. The summed E-state index contributed by atoms with van der Waals surface area (Å²) in [5, 5.41) is 1.28. The quantitative estimate of drug-likeness (QED) is 0.723. The fourth-order valence-electron chi connectivity index (χ4n) is 1.85. The third-order valence-corrected chi connectivity index (χ3v) is 3.30. The Morgan fingerprint density at radius 2 is 2.25 bits per heavy atom. The topological polar surface area (TPSA) is 33.6 Å². The molecule has 0 amide bonds. The summed E-state index contributed by atoms with van der Waals surface area (Å²) in [6.45, 7) is 0.837. The van der Waals surface area contributed by atoms with E-state index in [0.717, 1.165) is 12.2 Å². The van der Waals surface area contributed by atoms with Crippen molar-refractivity contribution in [2.24, 2.45) is 0 Å². The van der Waals surface area contributed by atoms with Crippen LogP contribution in [0.2, 0.25) is 0 Å². The number of nitrogens with one attached hydrogen (secondary N) is 1. The van der Waals surface area contributed by atoms with E-state index in [9.17, 15) is 0 Å². The predicted molar refractivity (Wildman–Crippen MR) is 72.3 cm³/mol. The van der Waals surface area contributed by atoms with E-state index in [1.165, 1.54) is 14.5 Å². The molecule has 0 fully saturated rings. The Balaban J connectivity index is 2.07. The van der Waals surface area contributed by atoms with Gasteiger partial charge in [-0.3, -0.25) is 0 Å². The molecule has 0 aliphatic carbocycles. The molecule has 0 radical (unpaired) electrons. The van der Waals surface area contributed by atoms with E-state index in [0.29, 0.717) is 0 Å². The second kappa shape index (κ2) is 3.93. The minimum absolute atomic E-state index is 0.837. The second-order valence-electron chi connectivity index (χ2n) is 3.72. The largest absolute Gasteiger partial charge is 0.347 e. The maximum atomic E-state index is 4.03. The number of benzene rings is 1. The summed E-state index contributed by atoms with van der Waals surface area (Å²) in [7, 11) is 0. The average molecular weight is 323 g/mol. The van der Waals surface area contributed by atoms with Gasteiger partial charge in [-0.1, -0.05) is 6.07 Å². The molecule has 80 valence electrons. The molecule has 0 atom stereocenters. The van der Waals surface area contributed by atoms with E-state index in [-0.39, 0.29) is 0 Å². The number of nitrogens with zero attached hydrogens (tertiary/aromatic N) is 2. The molecule has 0 saturated carbocycles. The lowest BCUT2D eigenvalue weighted by molar-refractivity contribution is 0.814. The van der Waals surface area contributed by atoms with E-state index in [4.69, 9.17) is 0 Å². The first-order chi connectivity index (χ1) is 7.83. The van der Waals surface area contributed by atoms with Crippen LogP contribution in [0.1, 0.15) is 5.69 Å². The number of rotatable bonds is 2. The first kappa shape index (κ1) is 9.89. The average Bonchev–Trinajstić information content (AvgIpc) is 2.90. The first-order valence-electron chi connectivity index (χ1n) is 5.04. The van der Waals surface area contributed by atoms with Crippen LogP contribution >= 0.6 is 22.6 Å². The minimum atomic E-state index is 0.837. The van der Waals surface area contributed by atoms with E-state index in [1.54, 1.807) is 6.33 Å². The lowest BCUT2D eigenvalue weighted by atomic mass is 10.2. The fraction of sp³-hybridized carbons (Fsp3) is 0.0833. The van der Waals surface area contributed by atoms with Crippen LogP contribution in [0.25, 0.3) is 10.9 Å². The first-order valence-corrected chi connectivity index (χ1v) is 6.12. The maximum Gasteiger partial charge on any atom is 0.0922 e. The van der Waals surface area contributed by atoms with Gasteiger partial charge in [-0.15, -0.1) is 0 Å². The zero-order chi connectivity index (χ0) is 11.0. The lowest BCUT2D eigenvalue weighted by Gasteiger charge is -2.03. The van der Waals surface area contributed by atoms with Gasteiger partial charge in [-0.25, -0.2) is 4.98 Å². The summed E-state index contributed by atoms with van der Waals surface area (Å²) in [4.78, 5) is 7.15. The number of hydrogen-bond donors (Lipinski definition) is 1. The van der Waals surface area contributed by atoms with E-state index < -0.39 is 0 Å². The Morgan fingerprint density at radius 3 is 3.06 bits per heavy atom. The molecule has 1 aromatic carbocycles. The fourth-order valence-corrected chi connectivity index (χ4v) is 2.32. The highest BCUT2D eigenvalue weighted by molar-refractivity contribution is 14.1. The van der Waals surface area contributed by atoms with Crippen molar-refractivity contribution in [3.63, 3.8) is 0 Å². The van der Waals surface area contributed by atoms with Crippen molar-refractivity contribution < 1.29 is 0 Å². The van der Waals surface area contributed by atoms with Gasteiger partial charge in [0.05, 0.1) is 18.6 Å². The Hall–Kier alpha value is -1.30. The Kier molecular flexibility index (Phi) is 2.43. The molecule has 0 aliphatic heterocycles. The van der Waals surface area contributed by atoms with Crippen LogP contribution in [-0.2, 0) is 6.54 Å². The summed E-state index contributed by atoms with van der Waals surface area (Å²) in [6.07, 6.45) is 5.69. The third-order valence-electron chi connectivity index (χ3n) is 2.63. The standard InChI is InChI=1S/C12H10IN3/c13-10-2-1-9-3-4-16(12(9)5-10)7-11-6-14-8-15-11/h1-6,8H,7H2,(H,14,15). The van der Waals surface area contributed by atoms with Gasteiger partial charge in [-0.05, 0) is 46.2 Å². The monoisotopic (exact) mass is 323 g/mol. The molecule has 3 nitrogen and oxygen atoms in total. The molecule has 0 unspecified atom stereocenters. The number of hydrogen-bond acceptors (Lipinski definition) is 1. The van der Waals surface area contributed by atoms with Gasteiger partial charge in [0.15, 0.2) is 0 Å². The molecule has 1 N–H and O–H groups in total. The van der Waals surface area contributed by atoms with Crippen molar-refractivity contribution in [1.82, 2.24) is 14.5 Å². The van der Waals surface area contributed by atoms with Crippen LogP contribution in [0.4, 0.5) is 0 Å². The Bertz CT molecular complexity index is 610. The second-order valence-corrected chi connectivity index (χ2v) is 4.97. The highest BCUT2D eigenvalue weighted by Gasteiger charge is 2.02. The van der Waals surface area contributed by atoms with Crippen molar-refractivity contribution in [3.8, 4) is 0 Å². The summed E-state index contributed by atoms with van der Waals surface area (Å²) in [6, 6.07) is 8.62. The SMILES string of the molecule is Ic1ccc2ccn(Cc3cnc[nH]3)c2c1. The molecule has 0 spiro atoms. The molecule has 0 saturated heterocycles. The Morgan fingerprint density at radius 1 is 1.31 bits per heavy atom. The molecule has 3 rings (SSSR count). The molecule has 2 aromatic heterocycles. The van der Waals surface area contributed by atoms with Gasteiger partial charge in [-0.2, -0.15) is 0 Å². The zero-order valence-electron chi connectivity index (χ0n) is 8.52. The molecule has 0 bridgehead atoms. The van der Waals surface area contributed by atoms with E-state index in [2.05, 4.69) is 67.6 Å². The Labute approximate surface area is 107 Å². The zero-order valence-corrected chi connectivity index (χ0v) is 10.7. The van der Waals surface area contributed by atoms with Crippen molar-refractivity contribution in [2.75, 3.05) is 0 Å². The molecule has 0 aliphatic rings. The summed E-state index contributed by atoms with van der Waals surface area (Å²) in [5.41, 5.74) is 2.39. The van der Waals surface area contributed by atoms with Gasteiger partial charge >= 0.3 is 0 Å². The van der Waals surface area contributed by atoms with E-state index >= 15 is 0 Å². The van der Waals surface area contributed by atoms with Gasteiger partial charge in [0, 0.05) is 21.5 Å². The van der Waals surface area contributed by atoms with Crippen molar-refractivity contribution >= 4 is 33.5 Å². The van der Waals surface area contributed by atoms with Crippen LogP contribution in [0.3, 0.4) is 0 Å². The summed E-state index contributed by atoms with van der Waals surface area (Å²) >= 11 is 2.34. The van der Waals surface area contributed by atoms with Crippen molar-refractivity contribution in [1.29, 1.82) is 0 Å². The predicted octanol–water partition coefficient (Wildman–Crippen LogP) is 3.02. The normalized spacial score (nSPS) is 11.1. The number of aromatic nitrogens is 3. The number of halogens is 1. The van der Waals surface area contributed by atoms with Crippen molar-refractivity contribution in [3.05, 3.63) is 52.3 Å². The van der Waals surface area contributed by atoms with Gasteiger partial charge in [0.1, 0.15) is 0 Å². The van der Waals surface area contributed by atoms with Crippen LogP contribution in [0.5, 0.6) is 0 Å². The number of aromatic amines is 1.